The summed E-state index contributed by atoms with van der Waals surface area (Å²) in [6.45, 7) is 3.63. The number of ether oxygens (including phenoxy) is 1. The first-order chi connectivity index (χ1) is 15.9. The van der Waals surface area contributed by atoms with Gasteiger partial charge in [-0.1, -0.05) is 44.2 Å². The molecular weight excluding hydrogens is 440 g/mol. The molecule has 0 radical (unpaired) electrons. The van der Waals surface area contributed by atoms with Crippen molar-refractivity contribution in [1.82, 2.24) is 4.90 Å². The molecule has 3 amide bonds. The number of nitrogens with one attached hydrogen (secondary N) is 1. The van der Waals surface area contributed by atoms with Crippen molar-refractivity contribution < 1.29 is 23.9 Å². The van der Waals surface area contributed by atoms with Crippen LogP contribution in [0.25, 0.3) is 0 Å². The van der Waals surface area contributed by atoms with Crippen molar-refractivity contribution >= 4 is 41.1 Å². The molecule has 1 aliphatic rings. The van der Waals surface area contributed by atoms with Crippen molar-refractivity contribution in [2.75, 3.05) is 23.9 Å². The number of hydrogen-bond acceptors (Lipinski definition) is 6. The van der Waals surface area contributed by atoms with Crippen LogP contribution in [0.4, 0.5) is 5.69 Å². The number of carbonyl (C=O) groups excluding carboxylic acids is 4. The number of imide groups is 1. The molecule has 7 nitrogen and oxygen atoms in total. The summed E-state index contributed by atoms with van der Waals surface area (Å²) in [5.41, 5.74) is 2.21. The third-order valence-electron chi connectivity index (χ3n) is 5.73. The smallest absolute Gasteiger partial charge is 0.329 e. The van der Waals surface area contributed by atoms with E-state index in [4.69, 9.17) is 4.74 Å². The first-order valence-electron chi connectivity index (χ1n) is 10.9. The van der Waals surface area contributed by atoms with Gasteiger partial charge in [0.05, 0.1) is 11.1 Å². The second-order valence-electron chi connectivity index (χ2n) is 7.88. The molecule has 0 saturated carbocycles. The van der Waals surface area contributed by atoms with E-state index in [-0.39, 0.29) is 23.5 Å². The van der Waals surface area contributed by atoms with Crippen LogP contribution in [-0.4, -0.2) is 53.2 Å². The van der Waals surface area contributed by atoms with Crippen molar-refractivity contribution in [3.63, 3.8) is 0 Å². The number of esters is 1. The lowest BCUT2D eigenvalue weighted by Gasteiger charge is -2.24. The van der Waals surface area contributed by atoms with Crippen molar-refractivity contribution in [1.29, 1.82) is 0 Å². The molecule has 0 spiro atoms. The molecule has 1 N–H and O–H groups in total. The quantitative estimate of drug-likeness (QED) is 0.417. The summed E-state index contributed by atoms with van der Waals surface area (Å²) >= 11 is 1.49. The van der Waals surface area contributed by atoms with Crippen LogP contribution in [0.15, 0.2) is 48.5 Å². The van der Waals surface area contributed by atoms with E-state index >= 15 is 0 Å². The number of anilines is 1. The van der Waals surface area contributed by atoms with Crippen LogP contribution >= 0.6 is 11.8 Å². The molecule has 174 valence electrons. The Labute approximate surface area is 197 Å². The first-order valence-corrected chi connectivity index (χ1v) is 12.3. The molecule has 0 unspecified atom stereocenters. The van der Waals surface area contributed by atoms with Crippen molar-refractivity contribution in [2.45, 2.75) is 38.6 Å². The molecule has 0 bridgehead atoms. The van der Waals surface area contributed by atoms with Crippen LogP contribution < -0.4 is 5.32 Å². The Bertz CT molecular complexity index is 1020. The van der Waals surface area contributed by atoms with Crippen molar-refractivity contribution in [3.8, 4) is 0 Å². The number of amides is 3. The Balaban J connectivity index is 1.69. The van der Waals surface area contributed by atoms with Gasteiger partial charge < -0.3 is 10.1 Å². The summed E-state index contributed by atoms with van der Waals surface area (Å²) in [4.78, 5) is 52.0. The van der Waals surface area contributed by atoms with Gasteiger partial charge in [0.2, 0.25) is 0 Å². The number of benzene rings is 2. The van der Waals surface area contributed by atoms with Crippen LogP contribution in [-0.2, 0) is 14.3 Å². The minimum absolute atomic E-state index is 0.240. The van der Waals surface area contributed by atoms with Crippen LogP contribution in [0.1, 0.15) is 58.9 Å². The van der Waals surface area contributed by atoms with Gasteiger partial charge >= 0.3 is 5.97 Å². The first kappa shape index (κ1) is 24.5. The molecular formula is C25H28N2O5S. The van der Waals surface area contributed by atoms with Crippen molar-refractivity contribution in [3.05, 3.63) is 65.2 Å². The molecule has 33 heavy (non-hydrogen) atoms. The maximum Gasteiger partial charge on any atom is 0.329 e. The summed E-state index contributed by atoms with van der Waals surface area (Å²) in [5, 5.41) is 2.80. The second kappa shape index (κ2) is 11.1. The molecule has 3 rings (SSSR count). The van der Waals surface area contributed by atoms with E-state index < -0.39 is 36.3 Å². The topological polar surface area (TPSA) is 92.8 Å². The predicted molar refractivity (Wildman–Crippen MR) is 128 cm³/mol. The Hall–Kier alpha value is -3.13. The van der Waals surface area contributed by atoms with Crippen LogP contribution in [0.5, 0.6) is 0 Å². The lowest BCUT2D eigenvalue weighted by molar-refractivity contribution is -0.151. The predicted octanol–water partition coefficient (Wildman–Crippen LogP) is 4.10. The van der Waals surface area contributed by atoms with Crippen molar-refractivity contribution in [2.24, 2.45) is 0 Å². The minimum atomic E-state index is -1.09. The number of carbonyl (C=O) groups is 4. The normalized spacial score (nSPS) is 14.6. The van der Waals surface area contributed by atoms with E-state index in [9.17, 15) is 19.2 Å². The van der Waals surface area contributed by atoms with Crippen LogP contribution in [0.2, 0.25) is 0 Å². The second-order valence-corrected chi connectivity index (χ2v) is 8.86. The highest BCUT2D eigenvalue weighted by Gasteiger charge is 2.43. The molecule has 2 aromatic carbocycles. The molecule has 0 fully saturated rings. The minimum Gasteiger partial charge on any atom is -0.454 e. The highest BCUT2D eigenvalue weighted by atomic mass is 32.2. The Morgan fingerprint density at radius 1 is 1.03 bits per heavy atom. The lowest BCUT2D eigenvalue weighted by Crippen LogP contribution is -2.46. The van der Waals surface area contributed by atoms with Gasteiger partial charge in [-0.2, -0.15) is 11.8 Å². The molecule has 2 atom stereocenters. The number of hydrogen-bond donors (Lipinski definition) is 1. The SMILES string of the molecule is CC[C@@H](C)c1ccccc1NC(=O)COC(=O)[C@H](CCSC)N1C(=O)c2ccccc2C1=O. The zero-order valence-corrected chi connectivity index (χ0v) is 19.8. The standard InChI is InChI=1S/C25H28N2O5S/c1-4-16(2)17-9-7-8-12-20(17)26-22(28)15-32-25(31)21(13-14-33-3)27-23(29)18-10-5-6-11-19(18)24(27)30/h5-12,16,21H,4,13-15H2,1-3H3,(H,26,28)/t16-,21+/m1/s1. The van der Waals surface area contributed by atoms with Crippen LogP contribution in [0, 0.1) is 0 Å². The van der Waals surface area contributed by atoms with Gasteiger partial charge in [0.15, 0.2) is 6.61 Å². The van der Waals surface area contributed by atoms with E-state index in [1.807, 2.05) is 24.5 Å². The molecule has 0 aliphatic carbocycles. The molecule has 1 heterocycles. The number of rotatable bonds is 10. The fourth-order valence-corrected chi connectivity index (χ4v) is 4.21. The maximum atomic E-state index is 12.9. The molecule has 0 saturated heterocycles. The average Bonchev–Trinajstić information content (AvgIpc) is 3.08. The fraction of sp³-hybridized carbons (Fsp3) is 0.360. The van der Waals surface area contributed by atoms with Gasteiger partial charge in [-0.3, -0.25) is 19.3 Å². The highest BCUT2D eigenvalue weighted by Crippen LogP contribution is 2.28. The lowest BCUT2D eigenvalue weighted by atomic mass is 9.97. The summed E-state index contributed by atoms with van der Waals surface area (Å²) in [7, 11) is 0. The Kier molecular flexibility index (Phi) is 8.27. The van der Waals surface area contributed by atoms with E-state index in [2.05, 4.69) is 19.2 Å². The number of fused-ring (bicyclic) bond motifs is 1. The molecule has 2 aromatic rings. The third kappa shape index (κ3) is 5.45. The molecule has 1 aliphatic heterocycles. The number of nitrogens with zero attached hydrogens (tertiary/aromatic N) is 1. The summed E-state index contributed by atoms with van der Waals surface area (Å²) < 4.78 is 5.26. The summed E-state index contributed by atoms with van der Waals surface area (Å²) in [6.07, 6.45) is 3.02. The monoisotopic (exact) mass is 468 g/mol. The van der Waals surface area contributed by atoms with Gasteiger partial charge in [-0.25, -0.2) is 4.79 Å². The zero-order chi connectivity index (χ0) is 24.0. The van der Waals surface area contributed by atoms with E-state index in [0.717, 1.165) is 16.9 Å². The maximum absolute atomic E-state index is 12.9. The fourth-order valence-electron chi connectivity index (χ4n) is 3.75. The van der Waals surface area contributed by atoms with Crippen LogP contribution in [0.3, 0.4) is 0 Å². The van der Waals surface area contributed by atoms with Gasteiger partial charge in [0.1, 0.15) is 6.04 Å². The largest absolute Gasteiger partial charge is 0.454 e. The molecule has 8 heteroatoms. The summed E-state index contributed by atoms with van der Waals surface area (Å²) in [6, 6.07) is 12.9. The van der Waals surface area contributed by atoms with Gasteiger partial charge in [0.25, 0.3) is 17.7 Å². The Morgan fingerprint density at radius 3 is 2.24 bits per heavy atom. The number of para-hydroxylation sites is 1. The average molecular weight is 469 g/mol. The van der Waals surface area contributed by atoms with E-state index in [0.29, 0.717) is 11.4 Å². The van der Waals surface area contributed by atoms with E-state index in [1.165, 1.54) is 11.8 Å². The zero-order valence-electron chi connectivity index (χ0n) is 19.0. The Morgan fingerprint density at radius 2 is 1.64 bits per heavy atom. The summed E-state index contributed by atoms with van der Waals surface area (Å²) in [5.74, 6) is -1.50. The van der Waals surface area contributed by atoms with Gasteiger partial charge in [0, 0.05) is 5.69 Å². The number of thioether (sulfide) groups is 1. The van der Waals surface area contributed by atoms with E-state index in [1.54, 1.807) is 30.3 Å². The van der Waals surface area contributed by atoms with Gasteiger partial charge in [-0.05, 0) is 54.5 Å². The highest BCUT2D eigenvalue weighted by molar-refractivity contribution is 7.98. The van der Waals surface area contributed by atoms with Gasteiger partial charge in [-0.15, -0.1) is 0 Å². The third-order valence-corrected chi connectivity index (χ3v) is 6.37. The molecule has 0 aromatic heterocycles.